The van der Waals surface area contributed by atoms with Crippen molar-refractivity contribution in [3.05, 3.63) is 70.2 Å². The minimum absolute atomic E-state index is 0.410. The van der Waals surface area contributed by atoms with E-state index >= 15 is 0 Å². The van der Waals surface area contributed by atoms with Crippen molar-refractivity contribution >= 4 is 23.4 Å². The average Bonchev–Trinajstić information content (AvgIpc) is 2.49. The second-order valence-corrected chi connectivity index (χ2v) is 6.63. The van der Waals surface area contributed by atoms with Crippen LogP contribution >= 0.6 is 23.4 Å². The number of rotatable bonds is 7. The molecule has 1 nitrogen and oxygen atoms in total. The van der Waals surface area contributed by atoms with Crippen LogP contribution in [0, 0.1) is 6.92 Å². The Hall–Kier alpha value is -0.960. The Morgan fingerprint density at radius 2 is 1.71 bits per heavy atom. The molecule has 0 amide bonds. The van der Waals surface area contributed by atoms with Gasteiger partial charge in [-0.1, -0.05) is 60.5 Å². The fourth-order valence-corrected chi connectivity index (χ4v) is 3.41. The Morgan fingerprint density at radius 3 is 2.33 bits per heavy atom. The van der Waals surface area contributed by atoms with Crippen LogP contribution in [0.2, 0.25) is 5.02 Å². The second-order valence-electron chi connectivity index (χ2n) is 5.16. The summed E-state index contributed by atoms with van der Waals surface area (Å²) in [6.45, 7) is 5.27. The van der Waals surface area contributed by atoms with Crippen LogP contribution in [0.1, 0.15) is 29.7 Å². The summed E-state index contributed by atoms with van der Waals surface area (Å²) in [6, 6.07) is 17.3. The molecule has 0 spiro atoms. The van der Waals surface area contributed by atoms with Gasteiger partial charge in [-0.3, -0.25) is 0 Å². The van der Waals surface area contributed by atoms with E-state index in [9.17, 15) is 0 Å². The Bertz CT molecular complexity index is 536. The largest absolute Gasteiger partial charge is 0.310 e. The molecule has 1 atom stereocenters. The lowest BCUT2D eigenvalue weighted by atomic mass is 10.1. The van der Waals surface area contributed by atoms with Crippen LogP contribution in [0.15, 0.2) is 48.5 Å². The SMILES string of the molecule is CCNC(CSCc1ccc(Cl)cc1)c1ccc(C)cc1. The van der Waals surface area contributed by atoms with Crippen molar-refractivity contribution in [2.75, 3.05) is 12.3 Å². The summed E-state index contributed by atoms with van der Waals surface area (Å²) in [7, 11) is 0. The zero-order chi connectivity index (χ0) is 15.1. The van der Waals surface area contributed by atoms with Gasteiger partial charge in [0.1, 0.15) is 0 Å². The van der Waals surface area contributed by atoms with Gasteiger partial charge in [-0.05, 0) is 36.7 Å². The van der Waals surface area contributed by atoms with Crippen LogP contribution in [-0.4, -0.2) is 12.3 Å². The van der Waals surface area contributed by atoms with Gasteiger partial charge in [0.2, 0.25) is 0 Å². The van der Waals surface area contributed by atoms with Crippen molar-refractivity contribution in [1.29, 1.82) is 0 Å². The van der Waals surface area contributed by atoms with Gasteiger partial charge in [0.05, 0.1) is 0 Å². The maximum Gasteiger partial charge on any atom is 0.0411 e. The number of benzene rings is 2. The second kappa shape index (κ2) is 8.47. The molecule has 0 aromatic heterocycles. The highest BCUT2D eigenvalue weighted by Gasteiger charge is 2.10. The van der Waals surface area contributed by atoms with Crippen molar-refractivity contribution in [1.82, 2.24) is 5.32 Å². The fourth-order valence-electron chi connectivity index (χ4n) is 2.19. The first-order chi connectivity index (χ1) is 10.2. The fraction of sp³-hybridized carbons (Fsp3) is 0.333. The van der Waals surface area contributed by atoms with Crippen molar-refractivity contribution in [3.63, 3.8) is 0 Å². The highest BCUT2D eigenvalue weighted by Crippen LogP contribution is 2.22. The molecule has 0 aliphatic rings. The Labute approximate surface area is 137 Å². The molecule has 3 heteroatoms. The van der Waals surface area contributed by atoms with Gasteiger partial charge in [0.25, 0.3) is 0 Å². The molecule has 2 aromatic carbocycles. The number of halogens is 1. The monoisotopic (exact) mass is 319 g/mol. The maximum atomic E-state index is 5.91. The van der Waals surface area contributed by atoms with Crippen LogP contribution in [-0.2, 0) is 5.75 Å². The minimum atomic E-state index is 0.410. The van der Waals surface area contributed by atoms with E-state index in [1.807, 2.05) is 23.9 Å². The van der Waals surface area contributed by atoms with E-state index in [4.69, 9.17) is 11.6 Å². The average molecular weight is 320 g/mol. The van der Waals surface area contributed by atoms with Crippen molar-refractivity contribution in [3.8, 4) is 0 Å². The van der Waals surface area contributed by atoms with Crippen LogP contribution in [0.4, 0.5) is 0 Å². The molecule has 21 heavy (non-hydrogen) atoms. The molecule has 0 aliphatic carbocycles. The topological polar surface area (TPSA) is 12.0 Å². The molecule has 1 N–H and O–H groups in total. The van der Waals surface area contributed by atoms with Crippen LogP contribution in [0.5, 0.6) is 0 Å². The predicted octanol–water partition coefficient (Wildman–Crippen LogP) is 5.23. The van der Waals surface area contributed by atoms with Crippen molar-refractivity contribution in [2.24, 2.45) is 0 Å². The summed E-state index contributed by atoms with van der Waals surface area (Å²) in [5.41, 5.74) is 4.00. The molecule has 112 valence electrons. The van der Waals surface area contributed by atoms with Gasteiger partial charge in [0, 0.05) is 22.6 Å². The van der Waals surface area contributed by atoms with Gasteiger partial charge in [-0.25, -0.2) is 0 Å². The highest BCUT2D eigenvalue weighted by molar-refractivity contribution is 7.98. The molecule has 0 aliphatic heterocycles. The smallest absolute Gasteiger partial charge is 0.0411 e. The van der Waals surface area contributed by atoms with Crippen molar-refractivity contribution in [2.45, 2.75) is 25.6 Å². The zero-order valence-corrected chi connectivity index (χ0v) is 14.2. The quantitative estimate of drug-likeness (QED) is 0.749. The molecule has 1 unspecified atom stereocenters. The lowest BCUT2D eigenvalue weighted by Gasteiger charge is -2.18. The first-order valence-corrected chi connectivity index (χ1v) is 8.84. The van der Waals surface area contributed by atoms with E-state index in [2.05, 4.69) is 55.6 Å². The van der Waals surface area contributed by atoms with Gasteiger partial charge in [-0.15, -0.1) is 0 Å². The van der Waals surface area contributed by atoms with Crippen LogP contribution in [0.25, 0.3) is 0 Å². The standard InChI is InChI=1S/C18H22ClNS/c1-3-20-18(16-8-4-14(2)5-9-16)13-21-12-15-6-10-17(19)11-7-15/h4-11,18,20H,3,12-13H2,1-2H3. The highest BCUT2D eigenvalue weighted by atomic mass is 35.5. The van der Waals surface area contributed by atoms with E-state index in [1.165, 1.54) is 16.7 Å². The summed E-state index contributed by atoms with van der Waals surface area (Å²) in [5, 5.41) is 4.37. The van der Waals surface area contributed by atoms with Crippen LogP contribution < -0.4 is 5.32 Å². The number of hydrogen-bond acceptors (Lipinski definition) is 2. The third-order valence-electron chi connectivity index (χ3n) is 3.40. The third-order valence-corrected chi connectivity index (χ3v) is 4.76. The number of thioether (sulfide) groups is 1. The molecule has 0 saturated heterocycles. The van der Waals surface area contributed by atoms with E-state index in [0.717, 1.165) is 23.1 Å². The summed E-state index contributed by atoms with van der Waals surface area (Å²) >= 11 is 7.87. The van der Waals surface area contributed by atoms with E-state index in [1.54, 1.807) is 0 Å². The first kappa shape index (κ1) is 16.4. The molecule has 2 aromatic rings. The van der Waals surface area contributed by atoms with Crippen LogP contribution in [0.3, 0.4) is 0 Å². The molecule has 0 radical (unpaired) electrons. The van der Waals surface area contributed by atoms with E-state index < -0.39 is 0 Å². The molecule has 0 fully saturated rings. The number of aryl methyl sites for hydroxylation is 1. The molecular weight excluding hydrogens is 298 g/mol. The maximum absolute atomic E-state index is 5.91. The molecule has 0 saturated carbocycles. The van der Waals surface area contributed by atoms with Gasteiger partial charge >= 0.3 is 0 Å². The number of nitrogens with one attached hydrogen (secondary N) is 1. The lowest BCUT2D eigenvalue weighted by Crippen LogP contribution is -2.23. The Balaban J connectivity index is 1.90. The van der Waals surface area contributed by atoms with Gasteiger partial charge in [0.15, 0.2) is 0 Å². The molecular formula is C18H22ClNS. The van der Waals surface area contributed by atoms with E-state index in [0.29, 0.717) is 6.04 Å². The summed E-state index contributed by atoms with van der Waals surface area (Å²) in [5.74, 6) is 2.09. The Morgan fingerprint density at radius 1 is 1.05 bits per heavy atom. The molecule has 0 bridgehead atoms. The van der Waals surface area contributed by atoms with Gasteiger partial charge in [-0.2, -0.15) is 11.8 Å². The van der Waals surface area contributed by atoms with Crippen molar-refractivity contribution < 1.29 is 0 Å². The molecule has 2 rings (SSSR count). The summed E-state index contributed by atoms with van der Waals surface area (Å²) < 4.78 is 0. The molecule has 0 heterocycles. The summed E-state index contributed by atoms with van der Waals surface area (Å²) in [6.07, 6.45) is 0. The predicted molar refractivity (Wildman–Crippen MR) is 95.2 cm³/mol. The third kappa shape index (κ3) is 5.39. The minimum Gasteiger partial charge on any atom is -0.310 e. The zero-order valence-electron chi connectivity index (χ0n) is 12.6. The first-order valence-electron chi connectivity index (χ1n) is 7.31. The van der Waals surface area contributed by atoms with E-state index in [-0.39, 0.29) is 0 Å². The number of hydrogen-bond donors (Lipinski definition) is 1. The lowest BCUT2D eigenvalue weighted by molar-refractivity contribution is 0.606. The Kier molecular flexibility index (Phi) is 6.62. The normalized spacial score (nSPS) is 12.3. The van der Waals surface area contributed by atoms with Gasteiger partial charge < -0.3 is 5.32 Å². The summed E-state index contributed by atoms with van der Waals surface area (Å²) in [4.78, 5) is 0.